The lowest BCUT2D eigenvalue weighted by molar-refractivity contribution is -0.127. The zero-order valence-corrected chi connectivity index (χ0v) is 13.5. The first-order valence-electron chi connectivity index (χ1n) is 8.71. The second kappa shape index (κ2) is 7.57. The Morgan fingerprint density at radius 3 is 2.52 bits per heavy atom. The lowest BCUT2D eigenvalue weighted by atomic mass is 10.1. The minimum Gasteiger partial charge on any atom is -0.353 e. The van der Waals surface area contributed by atoms with E-state index in [-0.39, 0.29) is 23.7 Å². The number of nitrogens with zero attached hydrogens (tertiary/aromatic N) is 1. The number of rotatable bonds is 5. The van der Waals surface area contributed by atoms with Gasteiger partial charge in [0.15, 0.2) is 0 Å². The van der Waals surface area contributed by atoms with Crippen LogP contribution in [0.2, 0.25) is 0 Å². The highest BCUT2D eigenvalue weighted by atomic mass is 16.2. The highest BCUT2D eigenvalue weighted by Crippen LogP contribution is 2.39. The SMILES string of the molecule is O=C(NCc1cccnc1)C1CC1C(=O)NC1CCCCCC1. The normalized spacial score (nSPS) is 24.5. The zero-order valence-electron chi connectivity index (χ0n) is 13.5. The Labute approximate surface area is 137 Å². The van der Waals surface area contributed by atoms with Crippen LogP contribution in [0.5, 0.6) is 0 Å². The Bertz CT molecular complexity index is 538. The molecule has 0 spiro atoms. The molecule has 0 aromatic carbocycles. The topological polar surface area (TPSA) is 71.1 Å². The third-order valence-corrected chi connectivity index (χ3v) is 4.86. The van der Waals surface area contributed by atoms with Crippen molar-refractivity contribution in [1.29, 1.82) is 0 Å². The predicted molar refractivity (Wildman–Crippen MR) is 87.3 cm³/mol. The van der Waals surface area contributed by atoms with Crippen LogP contribution < -0.4 is 10.6 Å². The fourth-order valence-corrected chi connectivity index (χ4v) is 3.33. The molecule has 0 radical (unpaired) electrons. The summed E-state index contributed by atoms with van der Waals surface area (Å²) >= 11 is 0. The van der Waals surface area contributed by atoms with Crippen LogP contribution in [0.4, 0.5) is 0 Å². The first kappa shape index (κ1) is 16.0. The standard InChI is InChI=1S/C18H25N3O2/c22-17(20-12-13-6-5-9-19-11-13)15-10-16(15)18(23)21-14-7-3-1-2-4-8-14/h5-6,9,11,14-16H,1-4,7-8,10,12H2,(H,20,22)(H,21,23). The third kappa shape index (κ3) is 4.53. The van der Waals surface area contributed by atoms with Crippen LogP contribution in [0.15, 0.2) is 24.5 Å². The van der Waals surface area contributed by atoms with E-state index in [9.17, 15) is 9.59 Å². The number of carbonyl (C=O) groups excluding carboxylic acids is 2. The molecule has 124 valence electrons. The van der Waals surface area contributed by atoms with Gasteiger partial charge in [-0.15, -0.1) is 0 Å². The van der Waals surface area contributed by atoms with Gasteiger partial charge in [0.05, 0.1) is 11.8 Å². The molecule has 0 aliphatic heterocycles. The van der Waals surface area contributed by atoms with E-state index in [1.165, 1.54) is 25.7 Å². The number of nitrogens with one attached hydrogen (secondary N) is 2. The molecule has 2 saturated carbocycles. The summed E-state index contributed by atoms with van der Waals surface area (Å²) in [4.78, 5) is 28.4. The maximum atomic E-state index is 12.3. The summed E-state index contributed by atoms with van der Waals surface area (Å²) in [5.74, 6) is -0.238. The van der Waals surface area contributed by atoms with Crippen LogP contribution in [0.25, 0.3) is 0 Å². The Kier molecular flexibility index (Phi) is 5.26. The summed E-state index contributed by atoms with van der Waals surface area (Å²) < 4.78 is 0. The highest BCUT2D eigenvalue weighted by molar-refractivity contribution is 5.92. The van der Waals surface area contributed by atoms with Gasteiger partial charge in [0.25, 0.3) is 0 Å². The molecule has 2 atom stereocenters. The Hall–Kier alpha value is -1.91. The number of carbonyl (C=O) groups is 2. The molecule has 2 fully saturated rings. The van der Waals surface area contributed by atoms with E-state index in [1.54, 1.807) is 12.4 Å². The summed E-state index contributed by atoms with van der Waals surface area (Å²) in [7, 11) is 0. The second-order valence-corrected chi connectivity index (χ2v) is 6.72. The quantitative estimate of drug-likeness (QED) is 0.818. The van der Waals surface area contributed by atoms with Gasteiger partial charge in [-0.25, -0.2) is 0 Å². The van der Waals surface area contributed by atoms with Gasteiger partial charge in [0, 0.05) is 25.0 Å². The summed E-state index contributed by atoms with van der Waals surface area (Å²) in [6, 6.07) is 4.09. The Morgan fingerprint density at radius 2 is 1.83 bits per heavy atom. The van der Waals surface area contributed by atoms with E-state index in [0.29, 0.717) is 19.0 Å². The maximum Gasteiger partial charge on any atom is 0.224 e. The Balaban J connectivity index is 1.41. The average molecular weight is 315 g/mol. The minimum atomic E-state index is -0.155. The molecule has 2 aliphatic rings. The van der Waals surface area contributed by atoms with Crippen LogP contribution in [0, 0.1) is 11.8 Å². The molecule has 1 aromatic rings. The van der Waals surface area contributed by atoms with Crippen molar-refractivity contribution in [3.8, 4) is 0 Å². The van der Waals surface area contributed by atoms with E-state index in [0.717, 1.165) is 18.4 Å². The van der Waals surface area contributed by atoms with Gasteiger partial charge in [-0.05, 0) is 30.9 Å². The molecule has 5 heteroatoms. The summed E-state index contributed by atoms with van der Waals surface area (Å²) in [5, 5.41) is 6.05. The summed E-state index contributed by atoms with van der Waals surface area (Å²) in [6.45, 7) is 0.472. The largest absolute Gasteiger partial charge is 0.353 e. The van der Waals surface area contributed by atoms with Gasteiger partial charge >= 0.3 is 0 Å². The van der Waals surface area contributed by atoms with Crippen LogP contribution >= 0.6 is 0 Å². The molecular weight excluding hydrogens is 290 g/mol. The van der Waals surface area contributed by atoms with Crippen molar-refractivity contribution in [2.24, 2.45) is 11.8 Å². The molecule has 1 heterocycles. The van der Waals surface area contributed by atoms with Crippen LogP contribution in [0.3, 0.4) is 0 Å². The van der Waals surface area contributed by atoms with Crippen molar-refractivity contribution in [3.63, 3.8) is 0 Å². The fraction of sp³-hybridized carbons (Fsp3) is 0.611. The molecule has 0 bridgehead atoms. The molecule has 2 unspecified atom stereocenters. The van der Waals surface area contributed by atoms with Crippen molar-refractivity contribution < 1.29 is 9.59 Å². The molecule has 2 aliphatic carbocycles. The fourth-order valence-electron chi connectivity index (χ4n) is 3.33. The maximum absolute atomic E-state index is 12.3. The molecule has 5 nitrogen and oxygen atoms in total. The van der Waals surface area contributed by atoms with Gasteiger partial charge in [0.1, 0.15) is 0 Å². The number of hydrogen-bond donors (Lipinski definition) is 2. The van der Waals surface area contributed by atoms with Gasteiger partial charge in [-0.1, -0.05) is 31.7 Å². The van der Waals surface area contributed by atoms with E-state index in [2.05, 4.69) is 15.6 Å². The first-order valence-corrected chi connectivity index (χ1v) is 8.71. The average Bonchev–Trinajstić information content (AvgIpc) is 3.38. The molecule has 1 aromatic heterocycles. The first-order chi connectivity index (χ1) is 11.2. The number of pyridine rings is 1. The molecule has 2 amide bonds. The van der Waals surface area contributed by atoms with E-state index in [1.807, 2.05) is 12.1 Å². The van der Waals surface area contributed by atoms with Crippen molar-refractivity contribution in [3.05, 3.63) is 30.1 Å². The van der Waals surface area contributed by atoms with Crippen molar-refractivity contribution in [2.45, 2.75) is 57.5 Å². The van der Waals surface area contributed by atoms with Crippen LogP contribution in [-0.2, 0) is 16.1 Å². The third-order valence-electron chi connectivity index (χ3n) is 4.86. The van der Waals surface area contributed by atoms with Crippen LogP contribution in [-0.4, -0.2) is 22.8 Å². The summed E-state index contributed by atoms with van der Waals surface area (Å²) in [5.41, 5.74) is 0.973. The molecule has 3 rings (SSSR count). The summed E-state index contributed by atoms with van der Waals surface area (Å²) in [6.07, 6.45) is 11.2. The lowest BCUT2D eigenvalue weighted by Crippen LogP contribution is -2.36. The van der Waals surface area contributed by atoms with Crippen molar-refractivity contribution >= 4 is 11.8 Å². The van der Waals surface area contributed by atoms with Crippen molar-refractivity contribution in [1.82, 2.24) is 15.6 Å². The van der Waals surface area contributed by atoms with Gasteiger partial charge in [-0.2, -0.15) is 0 Å². The molecule has 0 saturated heterocycles. The Morgan fingerprint density at radius 1 is 1.09 bits per heavy atom. The predicted octanol–water partition coefficient (Wildman–Crippen LogP) is 2.17. The monoisotopic (exact) mass is 315 g/mol. The smallest absolute Gasteiger partial charge is 0.224 e. The van der Waals surface area contributed by atoms with E-state index in [4.69, 9.17) is 0 Å². The van der Waals surface area contributed by atoms with Crippen molar-refractivity contribution in [2.75, 3.05) is 0 Å². The number of amides is 2. The van der Waals surface area contributed by atoms with E-state index >= 15 is 0 Å². The van der Waals surface area contributed by atoms with Gasteiger partial charge in [0.2, 0.25) is 11.8 Å². The minimum absolute atomic E-state index is 0.0186. The van der Waals surface area contributed by atoms with Gasteiger partial charge in [-0.3, -0.25) is 14.6 Å². The van der Waals surface area contributed by atoms with Gasteiger partial charge < -0.3 is 10.6 Å². The second-order valence-electron chi connectivity index (χ2n) is 6.72. The lowest BCUT2D eigenvalue weighted by Gasteiger charge is -2.16. The molecule has 2 N–H and O–H groups in total. The van der Waals surface area contributed by atoms with Crippen LogP contribution in [0.1, 0.15) is 50.5 Å². The molecular formula is C18H25N3O2. The van der Waals surface area contributed by atoms with E-state index < -0.39 is 0 Å². The number of hydrogen-bond acceptors (Lipinski definition) is 3. The number of aromatic nitrogens is 1. The highest BCUT2D eigenvalue weighted by Gasteiger charge is 2.48. The molecule has 23 heavy (non-hydrogen) atoms. The zero-order chi connectivity index (χ0) is 16.1.